The molecule has 9 heteroatoms. The summed E-state index contributed by atoms with van der Waals surface area (Å²) in [6, 6.07) is 15.2. The van der Waals surface area contributed by atoms with Crippen LogP contribution in [0.15, 0.2) is 53.5 Å². The van der Waals surface area contributed by atoms with Crippen LogP contribution in [0.1, 0.15) is 21.5 Å². The highest BCUT2D eigenvalue weighted by atomic mass is 35.5. The Hall–Kier alpha value is -3.26. The highest BCUT2D eigenvalue weighted by Gasteiger charge is 2.23. The fourth-order valence-corrected chi connectivity index (χ4v) is 5.39. The molecule has 2 aliphatic heterocycles. The van der Waals surface area contributed by atoms with Crippen LogP contribution in [0, 0.1) is 0 Å². The summed E-state index contributed by atoms with van der Waals surface area (Å²) >= 11 is 13.2. The maximum absolute atomic E-state index is 13.0. The smallest absolute Gasteiger partial charge is 0.256 e. The minimum Gasteiger partial charge on any atom is -0.495 e. The second-order valence-electron chi connectivity index (χ2n) is 9.11. The number of hydrogen-bond acceptors (Lipinski definition) is 6. The van der Waals surface area contributed by atoms with Crippen molar-refractivity contribution < 1.29 is 14.3 Å². The molecule has 1 amide bonds. The van der Waals surface area contributed by atoms with Crippen molar-refractivity contribution in [1.82, 2.24) is 10.2 Å². The van der Waals surface area contributed by atoms with Gasteiger partial charge in [0.2, 0.25) is 0 Å². The second-order valence-corrected chi connectivity index (χ2v) is 9.87. The van der Waals surface area contributed by atoms with Gasteiger partial charge >= 0.3 is 0 Å². The van der Waals surface area contributed by atoms with Gasteiger partial charge in [-0.1, -0.05) is 35.3 Å². The molecule has 0 aliphatic carbocycles. The van der Waals surface area contributed by atoms with Gasteiger partial charge in [0.05, 0.1) is 30.8 Å². The summed E-state index contributed by atoms with van der Waals surface area (Å²) in [5, 5.41) is 3.78. The number of rotatable bonds is 5. The molecule has 3 aromatic rings. The van der Waals surface area contributed by atoms with E-state index in [1.165, 1.54) is 0 Å². The molecule has 3 aromatic carbocycles. The van der Waals surface area contributed by atoms with Crippen LogP contribution in [-0.2, 0) is 6.54 Å². The second kappa shape index (κ2) is 10.6. The van der Waals surface area contributed by atoms with E-state index < -0.39 is 0 Å². The van der Waals surface area contributed by atoms with Crippen molar-refractivity contribution in [2.45, 2.75) is 6.54 Å². The summed E-state index contributed by atoms with van der Waals surface area (Å²) in [5.41, 5.74) is 4.99. The Labute approximate surface area is 226 Å². The lowest BCUT2D eigenvalue weighted by molar-refractivity contribution is 0.0977. The van der Waals surface area contributed by atoms with Crippen molar-refractivity contribution in [3.8, 4) is 22.6 Å². The Bertz CT molecular complexity index is 1340. The first-order valence-corrected chi connectivity index (χ1v) is 12.8. The van der Waals surface area contributed by atoms with E-state index in [9.17, 15) is 4.79 Å². The van der Waals surface area contributed by atoms with Crippen LogP contribution < -0.4 is 19.7 Å². The molecule has 0 saturated carbocycles. The summed E-state index contributed by atoms with van der Waals surface area (Å²) in [6.07, 6.45) is 0. The maximum atomic E-state index is 13.0. The van der Waals surface area contributed by atoms with E-state index in [1.54, 1.807) is 20.3 Å². The fraction of sp³-hybridized carbons (Fsp3) is 0.286. The van der Waals surface area contributed by atoms with E-state index in [2.05, 4.69) is 27.2 Å². The van der Waals surface area contributed by atoms with Gasteiger partial charge in [-0.2, -0.15) is 0 Å². The lowest BCUT2D eigenvalue weighted by Gasteiger charge is -2.34. The van der Waals surface area contributed by atoms with Crippen LogP contribution in [0.25, 0.3) is 11.1 Å². The molecule has 2 heterocycles. The molecule has 7 nitrogen and oxygen atoms in total. The fourth-order valence-electron chi connectivity index (χ4n) is 4.67. The molecule has 0 aromatic heterocycles. The monoisotopic (exact) mass is 538 g/mol. The molecule has 0 atom stereocenters. The normalized spacial score (nSPS) is 15.3. The van der Waals surface area contributed by atoms with E-state index in [1.807, 2.05) is 42.5 Å². The largest absolute Gasteiger partial charge is 0.495 e. The number of ether oxygens (including phenoxy) is 2. The number of likely N-dealkylation sites (N-methyl/N-ethyl adjacent to an activating group) is 1. The van der Waals surface area contributed by atoms with Gasteiger partial charge in [0, 0.05) is 54.6 Å². The number of carbonyl (C=O) groups excluding carboxylic acids is 1. The number of aliphatic imine (C=N–C) groups is 1. The topological polar surface area (TPSA) is 66.4 Å². The Morgan fingerprint density at radius 1 is 0.919 bits per heavy atom. The third-order valence-electron chi connectivity index (χ3n) is 6.86. The Balaban J connectivity index is 1.33. The minimum absolute atomic E-state index is 0.191. The standard InChI is InChI=1S/C28H28Cl2N4O3/c1-33-10-12-34(13-11-33)20-7-4-17(5-8-20)28(35)32-27-21-9-6-18(14-19(21)16-31-27)24-25(29)22(36-2)15-23(37-3)26(24)30/h4-9,14-15H,10-13,16H2,1-3H3,(H,31,32,35). The molecule has 0 radical (unpaired) electrons. The molecule has 0 unspecified atom stereocenters. The van der Waals surface area contributed by atoms with Crippen LogP contribution in [0.3, 0.4) is 0 Å². The molecular weight excluding hydrogens is 511 g/mol. The van der Waals surface area contributed by atoms with E-state index in [0.717, 1.165) is 48.6 Å². The van der Waals surface area contributed by atoms with Crippen molar-refractivity contribution in [2.75, 3.05) is 52.3 Å². The molecule has 0 bridgehead atoms. The molecule has 192 valence electrons. The molecule has 1 N–H and O–H groups in total. The quantitative estimate of drug-likeness (QED) is 0.488. The van der Waals surface area contributed by atoms with Gasteiger partial charge < -0.3 is 24.6 Å². The molecule has 2 aliphatic rings. The number of amides is 1. The molecule has 0 spiro atoms. The first kappa shape index (κ1) is 25.4. The average molecular weight is 539 g/mol. The number of halogens is 2. The van der Waals surface area contributed by atoms with Gasteiger partial charge in [-0.25, -0.2) is 0 Å². The highest BCUT2D eigenvalue weighted by molar-refractivity contribution is 6.41. The van der Waals surface area contributed by atoms with Crippen molar-refractivity contribution in [2.24, 2.45) is 4.99 Å². The Morgan fingerprint density at radius 3 is 2.19 bits per heavy atom. The van der Waals surface area contributed by atoms with Crippen molar-refractivity contribution in [3.63, 3.8) is 0 Å². The zero-order valence-corrected chi connectivity index (χ0v) is 22.5. The van der Waals surface area contributed by atoms with E-state index in [4.69, 9.17) is 32.7 Å². The Morgan fingerprint density at radius 2 is 1.57 bits per heavy atom. The van der Waals surface area contributed by atoms with E-state index in [-0.39, 0.29) is 5.91 Å². The first-order valence-electron chi connectivity index (χ1n) is 12.0. The number of anilines is 1. The highest BCUT2D eigenvalue weighted by Crippen LogP contribution is 2.46. The van der Waals surface area contributed by atoms with Gasteiger partial charge in [0.15, 0.2) is 0 Å². The van der Waals surface area contributed by atoms with Crippen LogP contribution in [-0.4, -0.2) is 64.1 Å². The number of methoxy groups -OCH3 is 2. The van der Waals surface area contributed by atoms with Crippen LogP contribution in [0.5, 0.6) is 11.5 Å². The van der Waals surface area contributed by atoms with E-state index >= 15 is 0 Å². The maximum Gasteiger partial charge on any atom is 0.256 e. The predicted molar refractivity (Wildman–Crippen MR) is 149 cm³/mol. The van der Waals surface area contributed by atoms with Gasteiger partial charge in [0.25, 0.3) is 5.91 Å². The number of hydrogen-bond donors (Lipinski definition) is 1. The lowest BCUT2D eigenvalue weighted by atomic mass is 9.99. The number of nitrogens with zero attached hydrogens (tertiary/aromatic N) is 3. The van der Waals surface area contributed by atoms with Gasteiger partial charge in [-0.3, -0.25) is 9.79 Å². The summed E-state index contributed by atoms with van der Waals surface area (Å²) in [6.45, 7) is 4.48. The Kier molecular flexibility index (Phi) is 7.29. The lowest BCUT2D eigenvalue weighted by Crippen LogP contribution is -2.44. The zero-order valence-electron chi connectivity index (χ0n) is 21.0. The van der Waals surface area contributed by atoms with E-state index in [0.29, 0.717) is 45.1 Å². The molecule has 5 rings (SSSR count). The molecule has 37 heavy (non-hydrogen) atoms. The van der Waals surface area contributed by atoms with Crippen molar-refractivity contribution in [3.05, 3.63) is 75.3 Å². The van der Waals surface area contributed by atoms with Crippen LogP contribution in [0.2, 0.25) is 10.0 Å². The third kappa shape index (κ3) is 4.99. The van der Waals surface area contributed by atoms with Gasteiger partial charge in [-0.05, 0) is 48.5 Å². The average Bonchev–Trinajstić information content (AvgIpc) is 3.31. The van der Waals surface area contributed by atoms with Crippen LogP contribution >= 0.6 is 23.2 Å². The number of piperazine rings is 1. The summed E-state index contributed by atoms with van der Waals surface area (Å²) in [5.74, 6) is 1.31. The zero-order chi connectivity index (χ0) is 26.1. The van der Waals surface area contributed by atoms with Crippen LogP contribution in [0.4, 0.5) is 5.69 Å². The SMILES string of the molecule is COc1cc(OC)c(Cl)c(-c2ccc3c(c2)CN=C3NC(=O)c2ccc(N3CCN(C)CC3)cc2)c1Cl. The number of carbonyl (C=O) groups is 1. The van der Waals surface area contributed by atoms with Gasteiger partial charge in [0.1, 0.15) is 17.3 Å². The third-order valence-corrected chi connectivity index (χ3v) is 7.61. The van der Waals surface area contributed by atoms with Crippen molar-refractivity contribution in [1.29, 1.82) is 0 Å². The summed E-state index contributed by atoms with van der Waals surface area (Å²) in [7, 11) is 5.23. The molecule has 1 saturated heterocycles. The summed E-state index contributed by atoms with van der Waals surface area (Å²) in [4.78, 5) is 22.2. The number of benzene rings is 3. The number of nitrogens with one attached hydrogen (secondary N) is 1. The van der Waals surface area contributed by atoms with Gasteiger partial charge in [-0.15, -0.1) is 0 Å². The summed E-state index contributed by atoms with van der Waals surface area (Å²) < 4.78 is 10.8. The molecule has 1 fully saturated rings. The number of fused-ring (bicyclic) bond motifs is 1. The molecular formula is C28H28Cl2N4O3. The number of amidine groups is 1. The van der Waals surface area contributed by atoms with Crippen molar-refractivity contribution >= 4 is 40.6 Å². The predicted octanol–water partition coefficient (Wildman–Crippen LogP) is 5.12. The first-order chi connectivity index (χ1) is 17.9. The minimum atomic E-state index is -0.191.